The zero-order valence-electron chi connectivity index (χ0n) is 17.6. The van der Waals surface area contributed by atoms with Crippen molar-refractivity contribution in [1.82, 2.24) is 0 Å². The van der Waals surface area contributed by atoms with E-state index in [1.54, 1.807) is 11.3 Å². The summed E-state index contributed by atoms with van der Waals surface area (Å²) in [7, 11) is 0. The largest absolute Gasteiger partial charge is 0.372 e. The van der Waals surface area contributed by atoms with Crippen molar-refractivity contribution in [2.24, 2.45) is 5.16 Å². The third kappa shape index (κ3) is 4.84. The smallest absolute Gasteiger partial charge is 0.368 e. The van der Waals surface area contributed by atoms with Crippen LogP contribution in [0.5, 0.6) is 0 Å². The number of hydrogen-bond donors (Lipinski definition) is 0. The number of carbonyl (C=O) groups is 1. The summed E-state index contributed by atoms with van der Waals surface area (Å²) >= 11 is 1.62. The Balaban J connectivity index is 1.49. The molecule has 2 aromatic carbocycles. The Hall–Kier alpha value is -3.44. The molecule has 0 radical (unpaired) electrons. The van der Waals surface area contributed by atoms with Gasteiger partial charge in [-0.15, -0.1) is 11.3 Å². The maximum Gasteiger partial charge on any atom is 0.368 e. The minimum atomic E-state index is -0.419. The molecule has 5 heteroatoms. The first-order valence-corrected chi connectivity index (χ1v) is 11.2. The van der Waals surface area contributed by atoms with E-state index >= 15 is 0 Å². The van der Waals surface area contributed by atoms with Crippen LogP contribution in [0.15, 0.2) is 77.5 Å². The van der Waals surface area contributed by atoms with Gasteiger partial charge in [-0.2, -0.15) is 0 Å². The molecule has 0 amide bonds. The monoisotopic (exact) mass is 428 g/mol. The Kier molecular flexibility index (Phi) is 6.43. The van der Waals surface area contributed by atoms with Gasteiger partial charge in [0.15, 0.2) is 0 Å². The summed E-state index contributed by atoms with van der Waals surface area (Å²) in [5.74, 6) is -0.419. The van der Waals surface area contributed by atoms with Crippen molar-refractivity contribution in [3.8, 4) is 0 Å². The standard InChI is InChI=1S/C26H24N2O2S/c1-3-28(4-2)21-13-10-19(11-14-21)12-15-22-16-17-23(31-22)18-24-25(27-30-26(24)29)20-8-6-5-7-9-20/h5-18H,3-4H2,1-2H3/b15-12+,24-18-. The van der Waals surface area contributed by atoms with Crippen LogP contribution in [0.3, 0.4) is 0 Å². The second kappa shape index (κ2) is 9.58. The molecule has 1 aliphatic rings. The number of nitrogens with zero attached hydrogens (tertiary/aromatic N) is 2. The van der Waals surface area contributed by atoms with Gasteiger partial charge in [0.05, 0.1) is 5.57 Å². The fraction of sp³-hybridized carbons (Fsp3) is 0.154. The minimum absolute atomic E-state index is 0.419. The third-order valence-corrected chi connectivity index (χ3v) is 6.14. The summed E-state index contributed by atoms with van der Waals surface area (Å²) in [6, 6.07) is 22.3. The van der Waals surface area contributed by atoms with Crippen molar-refractivity contribution in [3.63, 3.8) is 0 Å². The van der Waals surface area contributed by atoms with Gasteiger partial charge in [0.1, 0.15) is 5.71 Å². The van der Waals surface area contributed by atoms with Gasteiger partial charge in [0.25, 0.3) is 0 Å². The van der Waals surface area contributed by atoms with Crippen LogP contribution >= 0.6 is 11.3 Å². The van der Waals surface area contributed by atoms with E-state index in [0.29, 0.717) is 11.3 Å². The van der Waals surface area contributed by atoms with Crippen LogP contribution in [0, 0.1) is 0 Å². The van der Waals surface area contributed by atoms with E-state index in [1.165, 1.54) is 5.69 Å². The first-order chi connectivity index (χ1) is 15.2. The number of hydrogen-bond acceptors (Lipinski definition) is 5. The van der Waals surface area contributed by atoms with E-state index in [1.807, 2.05) is 42.5 Å². The minimum Gasteiger partial charge on any atom is -0.372 e. The molecule has 0 saturated carbocycles. The lowest BCUT2D eigenvalue weighted by molar-refractivity contribution is -0.136. The molecule has 156 valence electrons. The zero-order valence-corrected chi connectivity index (χ0v) is 18.4. The van der Waals surface area contributed by atoms with Gasteiger partial charge < -0.3 is 9.74 Å². The van der Waals surface area contributed by atoms with E-state index in [4.69, 9.17) is 4.84 Å². The van der Waals surface area contributed by atoms with Crippen LogP contribution < -0.4 is 4.90 Å². The number of rotatable bonds is 7. The lowest BCUT2D eigenvalue weighted by Crippen LogP contribution is -2.21. The van der Waals surface area contributed by atoms with Crippen molar-refractivity contribution >= 4 is 46.9 Å². The van der Waals surface area contributed by atoms with Crippen LogP contribution in [-0.4, -0.2) is 24.8 Å². The summed E-state index contributed by atoms with van der Waals surface area (Å²) < 4.78 is 0. The van der Waals surface area contributed by atoms with Crippen LogP contribution in [0.25, 0.3) is 18.2 Å². The average Bonchev–Trinajstić information content (AvgIpc) is 3.41. The van der Waals surface area contributed by atoms with E-state index in [2.05, 4.69) is 66.4 Å². The van der Waals surface area contributed by atoms with Crippen molar-refractivity contribution < 1.29 is 9.63 Å². The molecule has 0 unspecified atom stereocenters. The number of oxime groups is 1. The molecule has 0 spiro atoms. The van der Waals surface area contributed by atoms with E-state index in [-0.39, 0.29) is 0 Å². The Labute approximate surface area is 186 Å². The predicted molar refractivity (Wildman–Crippen MR) is 130 cm³/mol. The highest BCUT2D eigenvalue weighted by atomic mass is 32.1. The first-order valence-electron chi connectivity index (χ1n) is 10.4. The van der Waals surface area contributed by atoms with Gasteiger partial charge in [0.2, 0.25) is 0 Å². The van der Waals surface area contributed by atoms with Crippen LogP contribution in [0.4, 0.5) is 5.69 Å². The molecule has 0 atom stereocenters. The van der Waals surface area contributed by atoms with Gasteiger partial charge in [-0.1, -0.05) is 53.7 Å². The topological polar surface area (TPSA) is 41.9 Å². The van der Waals surface area contributed by atoms with Crippen LogP contribution in [-0.2, 0) is 9.63 Å². The summed E-state index contributed by atoms with van der Waals surface area (Å²) in [5.41, 5.74) is 4.32. The molecule has 4 rings (SSSR count). The molecule has 3 aromatic rings. The number of benzene rings is 2. The molecule has 0 saturated heterocycles. The Morgan fingerprint density at radius 3 is 2.32 bits per heavy atom. The van der Waals surface area contributed by atoms with E-state index in [0.717, 1.165) is 34.0 Å². The Morgan fingerprint density at radius 2 is 1.61 bits per heavy atom. The van der Waals surface area contributed by atoms with Crippen LogP contribution in [0.2, 0.25) is 0 Å². The average molecular weight is 429 g/mol. The number of thiophene rings is 1. The lowest BCUT2D eigenvalue weighted by Gasteiger charge is -2.20. The highest BCUT2D eigenvalue weighted by molar-refractivity contribution is 7.13. The number of anilines is 1. The van der Waals surface area contributed by atoms with Gasteiger partial charge >= 0.3 is 5.97 Å². The van der Waals surface area contributed by atoms with Crippen molar-refractivity contribution in [1.29, 1.82) is 0 Å². The Morgan fingerprint density at radius 1 is 0.903 bits per heavy atom. The summed E-state index contributed by atoms with van der Waals surface area (Å²) in [4.78, 5) is 21.5. The molecule has 0 bridgehead atoms. The normalized spacial score (nSPS) is 14.8. The molecule has 0 fully saturated rings. The third-order valence-electron chi connectivity index (χ3n) is 5.14. The molecular weight excluding hydrogens is 404 g/mol. The van der Waals surface area contributed by atoms with E-state index < -0.39 is 5.97 Å². The quantitative estimate of drug-likeness (QED) is 0.337. The van der Waals surface area contributed by atoms with E-state index in [9.17, 15) is 4.79 Å². The summed E-state index contributed by atoms with van der Waals surface area (Å²) in [5, 5.41) is 3.97. The predicted octanol–water partition coefficient (Wildman–Crippen LogP) is 6.11. The highest BCUT2D eigenvalue weighted by Crippen LogP contribution is 2.26. The number of carbonyl (C=O) groups excluding carboxylic acids is 1. The maximum absolute atomic E-state index is 12.2. The highest BCUT2D eigenvalue weighted by Gasteiger charge is 2.26. The summed E-state index contributed by atoms with van der Waals surface area (Å²) in [6.45, 7) is 6.34. The van der Waals surface area contributed by atoms with Gasteiger partial charge in [-0.3, -0.25) is 0 Å². The molecule has 0 aliphatic carbocycles. The van der Waals surface area contributed by atoms with Crippen molar-refractivity contribution in [2.75, 3.05) is 18.0 Å². The second-order valence-electron chi connectivity index (χ2n) is 7.08. The molecule has 4 nitrogen and oxygen atoms in total. The molecule has 31 heavy (non-hydrogen) atoms. The zero-order chi connectivity index (χ0) is 21.6. The van der Waals surface area contributed by atoms with Crippen LogP contribution in [0.1, 0.15) is 34.7 Å². The summed E-state index contributed by atoms with van der Waals surface area (Å²) in [6.07, 6.45) is 6.05. The molecule has 1 aromatic heterocycles. The molecule has 2 heterocycles. The SMILES string of the molecule is CCN(CC)c1ccc(/C=C/c2ccc(/C=C3\C(=O)ON=C3c3ccccc3)s2)cc1. The van der Waals surface area contributed by atoms with Gasteiger partial charge in [0, 0.05) is 34.1 Å². The van der Waals surface area contributed by atoms with Crippen molar-refractivity contribution in [2.45, 2.75) is 13.8 Å². The fourth-order valence-electron chi connectivity index (χ4n) is 3.45. The molecule has 1 aliphatic heterocycles. The molecular formula is C26H24N2O2S. The van der Waals surface area contributed by atoms with Crippen molar-refractivity contribution in [3.05, 3.63) is 93.2 Å². The first kappa shape index (κ1) is 20.8. The Bertz CT molecular complexity index is 1140. The molecule has 0 N–H and O–H groups in total. The maximum atomic E-state index is 12.2. The van der Waals surface area contributed by atoms with Gasteiger partial charge in [-0.25, -0.2) is 4.79 Å². The lowest BCUT2D eigenvalue weighted by atomic mass is 10.0. The fourth-order valence-corrected chi connectivity index (χ4v) is 4.31. The second-order valence-corrected chi connectivity index (χ2v) is 8.23. The van der Waals surface area contributed by atoms with Gasteiger partial charge in [-0.05, 0) is 55.8 Å².